The molecule has 3 aromatic rings. The number of rotatable bonds is 3. The first kappa shape index (κ1) is 14.1. The van der Waals surface area contributed by atoms with Gasteiger partial charge < -0.3 is 0 Å². The first-order valence-corrected chi connectivity index (χ1v) is 6.48. The number of nitrogens with one attached hydrogen (secondary N) is 2. The number of carbonyl (C=O) groups is 1. The maximum atomic E-state index is 13.2. The van der Waals surface area contributed by atoms with Crippen molar-refractivity contribution in [3.05, 3.63) is 46.8 Å². The molecule has 8 nitrogen and oxygen atoms in total. The van der Waals surface area contributed by atoms with Crippen LogP contribution < -0.4 is 5.32 Å². The van der Waals surface area contributed by atoms with E-state index < -0.39 is 11.7 Å². The van der Waals surface area contributed by atoms with Crippen LogP contribution in [0.15, 0.2) is 24.5 Å². The first-order valence-electron chi connectivity index (χ1n) is 6.10. The van der Waals surface area contributed by atoms with E-state index in [4.69, 9.17) is 11.6 Å². The summed E-state index contributed by atoms with van der Waals surface area (Å²) in [6.45, 7) is 1.66. The van der Waals surface area contributed by atoms with Crippen LogP contribution >= 0.6 is 11.6 Å². The van der Waals surface area contributed by atoms with Crippen LogP contribution in [0.5, 0.6) is 0 Å². The zero-order valence-corrected chi connectivity index (χ0v) is 12.0. The quantitative estimate of drug-likeness (QED) is 0.765. The van der Waals surface area contributed by atoms with Crippen LogP contribution in [0.3, 0.4) is 0 Å². The van der Waals surface area contributed by atoms with E-state index in [0.717, 1.165) is 0 Å². The lowest BCUT2D eigenvalue weighted by Gasteiger charge is -2.04. The molecule has 3 rings (SSSR count). The van der Waals surface area contributed by atoms with Gasteiger partial charge in [-0.1, -0.05) is 16.8 Å². The molecule has 2 heterocycles. The predicted molar refractivity (Wildman–Crippen MR) is 75.4 cm³/mol. The van der Waals surface area contributed by atoms with Gasteiger partial charge in [0.1, 0.15) is 12.1 Å². The molecule has 0 saturated carbocycles. The van der Waals surface area contributed by atoms with Gasteiger partial charge in [0.15, 0.2) is 5.69 Å². The summed E-state index contributed by atoms with van der Waals surface area (Å²) in [6, 6.07) is 4.10. The lowest BCUT2D eigenvalue weighted by molar-refractivity contribution is 0.102. The van der Waals surface area contributed by atoms with Crippen molar-refractivity contribution in [3.63, 3.8) is 0 Å². The molecule has 0 aliphatic carbocycles. The van der Waals surface area contributed by atoms with Crippen LogP contribution in [-0.4, -0.2) is 36.1 Å². The van der Waals surface area contributed by atoms with Crippen LogP contribution in [0.1, 0.15) is 16.2 Å². The van der Waals surface area contributed by atoms with Crippen molar-refractivity contribution in [2.24, 2.45) is 0 Å². The van der Waals surface area contributed by atoms with Gasteiger partial charge in [-0.2, -0.15) is 10.1 Å². The van der Waals surface area contributed by atoms with E-state index in [1.807, 2.05) is 0 Å². The number of benzene rings is 1. The molecule has 112 valence electrons. The van der Waals surface area contributed by atoms with E-state index in [0.29, 0.717) is 11.4 Å². The number of hydrogen-bond acceptors (Lipinski definition) is 5. The molecule has 0 radical (unpaired) electrons. The highest BCUT2D eigenvalue weighted by Gasteiger charge is 2.18. The number of carbonyl (C=O) groups excluding carboxylic acids is 1. The SMILES string of the molecule is Cc1c(C(=O)Nc2ncn[nH]2)nnn1-c1ccc(F)c(Cl)c1. The topological polar surface area (TPSA) is 101 Å². The fraction of sp³-hybridized carbons (Fsp3) is 0.0833. The number of H-pyrrole nitrogens is 1. The Hall–Kier alpha value is -2.81. The molecule has 0 atom stereocenters. The van der Waals surface area contributed by atoms with Crippen LogP contribution in [0.4, 0.5) is 10.3 Å². The Morgan fingerprint density at radius 1 is 1.45 bits per heavy atom. The molecule has 0 saturated heterocycles. The highest BCUT2D eigenvalue weighted by molar-refractivity contribution is 6.30. The van der Waals surface area contributed by atoms with E-state index >= 15 is 0 Å². The number of nitrogens with zero attached hydrogens (tertiary/aromatic N) is 5. The molecule has 0 unspecified atom stereocenters. The summed E-state index contributed by atoms with van der Waals surface area (Å²) in [5.41, 5.74) is 1.08. The zero-order valence-electron chi connectivity index (χ0n) is 11.2. The molecule has 0 aliphatic rings. The second-order valence-electron chi connectivity index (χ2n) is 4.32. The summed E-state index contributed by atoms with van der Waals surface area (Å²) in [4.78, 5) is 15.9. The average Bonchev–Trinajstić information content (AvgIpc) is 3.11. The molecular weight excluding hydrogens is 313 g/mol. The Labute approximate surface area is 128 Å². The van der Waals surface area contributed by atoms with Gasteiger partial charge in [-0.05, 0) is 25.1 Å². The van der Waals surface area contributed by atoms with E-state index in [-0.39, 0.29) is 16.7 Å². The fourth-order valence-corrected chi connectivity index (χ4v) is 2.01. The van der Waals surface area contributed by atoms with Crippen molar-refractivity contribution in [1.29, 1.82) is 0 Å². The summed E-state index contributed by atoms with van der Waals surface area (Å²) in [5, 5.41) is 16.3. The maximum absolute atomic E-state index is 13.2. The number of halogens is 2. The smallest absolute Gasteiger partial charge is 0.280 e. The molecule has 1 amide bonds. The summed E-state index contributed by atoms with van der Waals surface area (Å²) < 4.78 is 14.6. The standard InChI is InChI=1S/C12H9ClFN7O/c1-6-10(11(22)17-12-15-5-16-19-12)18-20-21(6)7-2-3-9(14)8(13)4-7/h2-5H,1H3,(H2,15,16,17,19,22). The molecule has 0 aliphatic heterocycles. The third-order valence-electron chi connectivity index (χ3n) is 2.90. The van der Waals surface area contributed by atoms with Crippen molar-refractivity contribution in [2.75, 3.05) is 5.32 Å². The van der Waals surface area contributed by atoms with E-state index in [1.165, 1.54) is 29.2 Å². The summed E-state index contributed by atoms with van der Waals surface area (Å²) in [7, 11) is 0. The fourth-order valence-electron chi connectivity index (χ4n) is 1.83. The normalized spacial score (nSPS) is 10.7. The number of aromatic nitrogens is 6. The Balaban J connectivity index is 1.91. The number of aromatic amines is 1. The van der Waals surface area contributed by atoms with Gasteiger partial charge >= 0.3 is 0 Å². The minimum Gasteiger partial charge on any atom is -0.289 e. The van der Waals surface area contributed by atoms with Crippen molar-refractivity contribution in [1.82, 2.24) is 30.2 Å². The molecule has 2 N–H and O–H groups in total. The molecule has 10 heteroatoms. The van der Waals surface area contributed by atoms with Gasteiger partial charge in [-0.25, -0.2) is 14.2 Å². The maximum Gasteiger partial charge on any atom is 0.280 e. The third kappa shape index (κ3) is 2.53. The Morgan fingerprint density at radius 2 is 2.27 bits per heavy atom. The average molecular weight is 322 g/mol. The number of hydrogen-bond donors (Lipinski definition) is 2. The lowest BCUT2D eigenvalue weighted by atomic mass is 10.2. The predicted octanol–water partition coefficient (Wildman–Crippen LogP) is 1.74. The van der Waals surface area contributed by atoms with Crippen molar-refractivity contribution in [2.45, 2.75) is 6.92 Å². The highest BCUT2D eigenvalue weighted by Crippen LogP contribution is 2.20. The minimum absolute atomic E-state index is 0.0416. The molecule has 2 aromatic heterocycles. The van der Waals surface area contributed by atoms with E-state index in [1.54, 1.807) is 6.92 Å². The summed E-state index contributed by atoms with van der Waals surface area (Å²) >= 11 is 5.75. The van der Waals surface area contributed by atoms with Gasteiger partial charge in [0, 0.05) is 0 Å². The second kappa shape index (κ2) is 5.53. The Bertz CT molecular complexity index is 830. The van der Waals surface area contributed by atoms with Crippen LogP contribution in [0.2, 0.25) is 5.02 Å². The largest absolute Gasteiger partial charge is 0.289 e. The first-order chi connectivity index (χ1) is 10.6. The summed E-state index contributed by atoms with van der Waals surface area (Å²) in [5.74, 6) is -0.830. The highest BCUT2D eigenvalue weighted by atomic mass is 35.5. The molecule has 0 spiro atoms. The third-order valence-corrected chi connectivity index (χ3v) is 3.19. The van der Waals surface area contributed by atoms with Crippen molar-refractivity contribution in [3.8, 4) is 5.69 Å². The lowest BCUT2D eigenvalue weighted by Crippen LogP contribution is -2.15. The summed E-state index contributed by atoms with van der Waals surface area (Å²) in [6.07, 6.45) is 1.26. The van der Waals surface area contributed by atoms with Gasteiger partial charge in [-0.3, -0.25) is 10.1 Å². The molecule has 0 fully saturated rings. The second-order valence-corrected chi connectivity index (χ2v) is 4.73. The monoisotopic (exact) mass is 321 g/mol. The van der Waals surface area contributed by atoms with Crippen LogP contribution in [0.25, 0.3) is 5.69 Å². The van der Waals surface area contributed by atoms with E-state index in [9.17, 15) is 9.18 Å². The Kier molecular flexibility index (Phi) is 3.55. The van der Waals surface area contributed by atoms with Gasteiger partial charge in [-0.15, -0.1) is 5.10 Å². The number of amides is 1. The zero-order chi connectivity index (χ0) is 15.7. The molecule has 1 aromatic carbocycles. The number of anilines is 1. The minimum atomic E-state index is -0.536. The molecule has 0 bridgehead atoms. The van der Waals surface area contributed by atoms with Gasteiger partial charge in [0.25, 0.3) is 5.91 Å². The van der Waals surface area contributed by atoms with Crippen LogP contribution in [-0.2, 0) is 0 Å². The molecular formula is C12H9ClFN7O. The van der Waals surface area contributed by atoms with E-state index in [2.05, 4.69) is 30.8 Å². The van der Waals surface area contributed by atoms with Crippen molar-refractivity contribution >= 4 is 23.5 Å². The van der Waals surface area contributed by atoms with Gasteiger partial charge in [0.2, 0.25) is 5.95 Å². The van der Waals surface area contributed by atoms with Crippen LogP contribution in [0, 0.1) is 12.7 Å². The Morgan fingerprint density at radius 3 is 2.95 bits per heavy atom. The van der Waals surface area contributed by atoms with Crippen molar-refractivity contribution < 1.29 is 9.18 Å². The molecule has 22 heavy (non-hydrogen) atoms. The van der Waals surface area contributed by atoms with Gasteiger partial charge in [0.05, 0.1) is 16.4 Å².